The van der Waals surface area contributed by atoms with Crippen LogP contribution in [0.4, 0.5) is 0 Å². The van der Waals surface area contributed by atoms with Crippen molar-refractivity contribution in [3.05, 3.63) is 120 Å². The Balaban J connectivity index is 1.19. The Morgan fingerprint density at radius 3 is 1.98 bits per heavy atom. The minimum atomic E-state index is -0.258. The van der Waals surface area contributed by atoms with E-state index in [0.717, 1.165) is 38.6 Å². The lowest BCUT2D eigenvalue weighted by Gasteiger charge is -2.22. The summed E-state index contributed by atoms with van der Waals surface area (Å²) in [4.78, 5) is 29.8. The van der Waals surface area contributed by atoms with Crippen molar-refractivity contribution in [1.29, 1.82) is 0 Å². The molecule has 0 aliphatic heterocycles. The third kappa shape index (κ3) is 6.35. The second-order valence-corrected chi connectivity index (χ2v) is 10.1. The Bertz CT molecular complexity index is 1780. The van der Waals surface area contributed by atoms with Crippen molar-refractivity contribution < 1.29 is 9.53 Å². The molecule has 8 nitrogen and oxygen atoms in total. The lowest BCUT2D eigenvalue weighted by molar-refractivity contribution is 0.0942. The molecule has 3 heterocycles. The van der Waals surface area contributed by atoms with Crippen molar-refractivity contribution in [2.75, 3.05) is 26.2 Å². The van der Waals surface area contributed by atoms with E-state index in [9.17, 15) is 4.79 Å². The molecule has 0 unspecified atom stereocenters. The van der Waals surface area contributed by atoms with Crippen LogP contribution in [0.15, 0.2) is 103 Å². The zero-order valence-electron chi connectivity index (χ0n) is 23.2. The third-order valence-electron chi connectivity index (χ3n) is 7.08. The number of carbonyl (C=O) groups is 1. The summed E-state index contributed by atoms with van der Waals surface area (Å²) >= 11 is 0. The van der Waals surface area contributed by atoms with Crippen LogP contribution in [0.3, 0.4) is 0 Å². The summed E-state index contributed by atoms with van der Waals surface area (Å²) in [7, 11) is 0. The number of hydrogen-bond acceptors (Lipinski definition) is 7. The van der Waals surface area contributed by atoms with Crippen molar-refractivity contribution >= 4 is 38.6 Å². The van der Waals surface area contributed by atoms with Gasteiger partial charge in [0.05, 0.1) is 27.9 Å². The predicted octanol–water partition coefficient (Wildman–Crippen LogP) is 5.10. The summed E-state index contributed by atoms with van der Waals surface area (Å²) in [6.45, 7) is 2.98. The van der Waals surface area contributed by atoms with Gasteiger partial charge in [0.2, 0.25) is 0 Å². The van der Waals surface area contributed by atoms with Crippen LogP contribution in [0, 0.1) is 0 Å². The Hall–Kier alpha value is -4.92. The number of ether oxygens (including phenoxy) is 1. The second-order valence-electron chi connectivity index (χ2n) is 10.1. The SMILES string of the molecule is NCCOc1cc(C(=O)NCCN(Cc2ccc3ccccc3n2)Cc2ccc3ccccc3n2)nc2ccccc12. The fourth-order valence-electron chi connectivity index (χ4n) is 5.03. The summed E-state index contributed by atoms with van der Waals surface area (Å²) < 4.78 is 5.83. The summed E-state index contributed by atoms with van der Waals surface area (Å²) in [6.07, 6.45) is 0. The van der Waals surface area contributed by atoms with Gasteiger partial charge in [-0.3, -0.25) is 19.7 Å². The van der Waals surface area contributed by atoms with Gasteiger partial charge in [-0.2, -0.15) is 0 Å². The molecule has 0 aliphatic rings. The quantitative estimate of drug-likeness (QED) is 0.229. The summed E-state index contributed by atoms with van der Waals surface area (Å²) in [6, 6.07) is 33.8. The number of nitrogens with two attached hydrogens (primary N) is 1. The van der Waals surface area contributed by atoms with E-state index in [-0.39, 0.29) is 5.91 Å². The maximum atomic E-state index is 13.2. The summed E-state index contributed by atoms with van der Waals surface area (Å²) in [5.41, 5.74) is 10.5. The summed E-state index contributed by atoms with van der Waals surface area (Å²) in [5, 5.41) is 6.10. The standard InChI is InChI=1S/C34H32N6O2/c35-17-20-42-33-21-32(39-31-12-6-3-9-28(31)33)34(41)36-18-19-40(22-26-15-13-24-7-1-4-10-29(24)37-26)23-27-16-14-25-8-2-5-11-30(25)38-27/h1-16,21H,17-20,22-23,35H2,(H,36,41). The molecule has 6 aromatic rings. The Kier molecular flexibility index (Phi) is 8.26. The maximum absolute atomic E-state index is 13.2. The average Bonchev–Trinajstić information content (AvgIpc) is 3.03. The second kappa shape index (κ2) is 12.7. The van der Waals surface area contributed by atoms with Crippen LogP contribution in [0.2, 0.25) is 0 Å². The van der Waals surface area contributed by atoms with E-state index in [1.165, 1.54) is 0 Å². The van der Waals surface area contributed by atoms with Gasteiger partial charge in [-0.1, -0.05) is 60.7 Å². The van der Waals surface area contributed by atoms with Crippen LogP contribution in [-0.2, 0) is 13.1 Å². The molecule has 0 saturated heterocycles. The minimum Gasteiger partial charge on any atom is -0.491 e. The first-order valence-corrected chi connectivity index (χ1v) is 14.1. The van der Waals surface area contributed by atoms with Crippen LogP contribution < -0.4 is 15.8 Å². The molecular weight excluding hydrogens is 524 g/mol. The Morgan fingerprint density at radius 1 is 0.738 bits per heavy atom. The number of para-hydroxylation sites is 3. The molecular formula is C34H32N6O2. The van der Waals surface area contributed by atoms with Gasteiger partial charge < -0.3 is 15.8 Å². The van der Waals surface area contributed by atoms with E-state index in [0.29, 0.717) is 56.3 Å². The number of nitrogens with zero attached hydrogens (tertiary/aromatic N) is 4. The molecule has 210 valence electrons. The van der Waals surface area contributed by atoms with Gasteiger partial charge in [0.15, 0.2) is 0 Å². The van der Waals surface area contributed by atoms with Crippen LogP contribution in [0.5, 0.6) is 5.75 Å². The van der Waals surface area contributed by atoms with E-state index >= 15 is 0 Å². The smallest absolute Gasteiger partial charge is 0.270 e. The van der Waals surface area contributed by atoms with Crippen molar-refractivity contribution in [2.45, 2.75) is 13.1 Å². The number of rotatable bonds is 11. The highest BCUT2D eigenvalue weighted by molar-refractivity contribution is 5.97. The number of nitrogens with one attached hydrogen (secondary N) is 1. The fourth-order valence-corrected chi connectivity index (χ4v) is 5.03. The highest BCUT2D eigenvalue weighted by Gasteiger charge is 2.15. The normalized spacial score (nSPS) is 11.4. The van der Waals surface area contributed by atoms with Crippen molar-refractivity contribution in [1.82, 2.24) is 25.2 Å². The first-order valence-electron chi connectivity index (χ1n) is 14.1. The van der Waals surface area contributed by atoms with E-state index in [4.69, 9.17) is 20.4 Å². The zero-order chi connectivity index (χ0) is 28.7. The summed E-state index contributed by atoms with van der Waals surface area (Å²) in [5.74, 6) is 0.341. The maximum Gasteiger partial charge on any atom is 0.270 e. The molecule has 1 amide bonds. The molecule has 8 heteroatoms. The van der Waals surface area contributed by atoms with Gasteiger partial charge in [-0.15, -0.1) is 0 Å². The molecule has 0 fully saturated rings. The molecule has 0 saturated carbocycles. The molecule has 42 heavy (non-hydrogen) atoms. The number of pyridine rings is 3. The molecule has 0 atom stereocenters. The molecule has 3 N–H and O–H groups in total. The number of hydrogen-bond donors (Lipinski definition) is 2. The molecule has 0 aliphatic carbocycles. The van der Waals surface area contributed by atoms with Crippen molar-refractivity contribution in [3.63, 3.8) is 0 Å². The first-order chi connectivity index (χ1) is 20.7. The van der Waals surface area contributed by atoms with Gasteiger partial charge in [0.25, 0.3) is 5.91 Å². The van der Waals surface area contributed by atoms with E-state index in [1.807, 2.05) is 60.7 Å². The van der Waals surface area contributed by atoms with Gasteiger partial charge in [-0.25, -0.2) is 4.98 Å². The number of amides is 1. The molecule has 6 rings (SSSR count). The molecule has 3 aromatic heterocycles. The Labute approximate surface area is 244 Å². The fraction of sp³-hybridized carbons (Fsp3) is 0.176. The minimum absolute atomic E-state index is 0.258. The van der Waals surface area contributed by atoms with Crippen molar-refractivity contribution in [2.24, 2.45) is 5.73 Å². The first kappa shape index (κ1) is 27.3. The zero-order valence-corrected chi connectivity index (χ0v) is 23.2. The molecule has 0 radical (unpaired) electrons. The van der Waals surface area contributed by atoms with Crippen LogP contribution in [0.25, 0.3) is 32.7 Å². The van der Waals surface area contributed by atoms with Crippen molar-refractivity contribution in [3.8, 4) is 5.75 Å². The average molecular weight is 557 g/mol. The van der Waals surface area contributed by atoms with E-state index < -0.39 is 0 Å². The lowest BCUT2D eigenvalue weighted by Crippen LogP contribution is -2.35. The monoisotopic (exact) mass is 556 g/mol. The lowest BCUT2D eigenvalue weighted by atomic mass is 10.1. The molecule has 0 bridgehead atoms. The van der Waals surface area contributed by atoms with E-state index in [1.54, 1.807) is 6.07 Å². The van der Waals surface area contributed by atoms with Gasteiger partial charge in [0.1, 0.15) is 18.1 Å². The van der Waals surface area contributed by atoms with E-state index in [2.05, 4.69) is 51.6 Å². The number of benzene rings is 3. The van der Waals surface area contributed by atoms with Gasteiger partial charge in [-0.05, 0) is 36.4 Å². The predicted molar refractivity (Wildman–Crippen MR) is 166 cm³/mol. The molecule has 3 aromatic carbocycles. The topological polar surface area (TPSA) is 106 Å². The van der Waals surface area contributed by atoms with Crippen LogP contribution in [-0.4, -0.2) is 52.0 Å². The third-order valence-corrected chi connectivity index (χ3v) is 7.08. The number of carbonyl (C=O) groups excluding carboxylic acids is 1. The van der Waals surface area contributed by atoms with Gasteiger partial charge in [0, 0.05) is 54.9 Å². The largest absolute Gasteiger partial charge is 0.491 e. The van der Waals surface area contributed by atoms with Crippen LogP contribution in [0.1, 0.15) is 21.9 Å². The highest BCUT2D eigenvalue weighted by Crippen LogP contribution is 2.25. The molecule has 0 spiro atoms. The van der Waals surface area contributed by atoms with Crippen LogP contribution >= 0.6 is 0 Å². The Morgan fingerprint density at radius 2 is 1.33 bits per heavy atom. The van der Waals surface area contributed by atoms with Gasteiger partial charge >= 0.3 is 0 Å². The number of aromatic nitrogens is 3. The highest BCUT2D eigenvalue weighted by atomic mass is 16.5. The number of fused-ring (bicyclic) bond motifs is 3.